The summed E-state index contributed by atoms with van der Waals surface area (Å²) in [7, 11) is 0. The van der Waals surface area contributed by atoms with Gasteiger partial charge in [0, 0.05) is 17.6 Å². The maximum atomic E-state index is 6.05. The molecule has 0 fully saturated rings. The van der Waals surface area contributed by atoms with Crippen LogP contribution in [-0.2, 0) is 6.54 Å². The lowest BCUT2D eigenvalue weighted by Crippen LogP contribution is -2.19. The highest BCUT2D eigenvalue weighted by molar-refractivity contribution is 6.30. The van der Waals surface area contributed by atoms with Crippen molar-refractivity contribution in [2.75, 3.05) is 0 Å². The largest absolute Gasteiger partial charge is 0.306 e. The van der Waals surface area contributed by atoms with Gasteiger partial charge in [-0.15, -0.1) is 0 Å². The Labute approximate surface area is 127 Å². The summed E-state index contributed by atoms with van der Waals surface area (Å²) < 4.78 is 0. The van der Waals surface area contributed by atoms with Crippen LogP contribution in [-0.4, -0.2) is 0 Å². The number of rotatable bonds is 4. The van der Waals surface area contributed by atoms with Crippen LogP contribution in [0.3, 0.4) is 0 Å². The van der Waals surface area contributed by atoms with E-state index in [0.717, 1.165) is 11.6 Å². The molecule has 1 atom stereocenters. The molecule has 106 valence electrons. The molecule has 2 aromatic rings. The number of nitrogens with one attached hydrogen (secondary N) is 1. The average Bonchev–Trinajstić information content (AvgIpc) is 2.37. The summed E-state index contributed by atoms with van der Waals surface area (Å²) in [5, 5.41) is 4.38. The smallest absolute Gasteiger partial charge is 0.0409 e. The van der Waals surface area contributed by atoms with E-state index < -0.39 is 0 Å². The van der Waals surface area contributed by atoms with Crippen molar-refractivity contribution in [2.45, 2.75) is 40.3 Å². The molecule has 0 saturated heterocycles. The Hall–Kier alpha value is -1.31. The summed E-state index contributed by atoms with van der Waals surface area (Å²) in [6, 6.07) is 12.8. The first-order valence-corrected chi connectivity index (χ1v) is 7.40. The van der Waals surface area contributed by atoms with Crippen LogP contribution in [0.15, 0.2) is 36.4 Å². The number of hydrogen-bond donors (Lipinski definition) is 1. The van der Waals surface area contributed by atoms with Crippen molar-refractivity contribution in [3.63, 3.8) is 0 Å². The van der Waals surface area contributed by atoms with Gasteiger partial charge in [-0.2, -0.15) is 0 Å². The van der Waals surface area contributed by atoms with E-state index in [4.69, 9.17) is 11.6 Å². The third-order valence-corrected chi connectivity index (χ3v) is 4.01. The molecule has 0 amide bonds. The van der Waals surface area contributed by atoms with Gasteiger partial charge in [0.25, 0.3) is 0 Å². The van der Waals surface area contributed by atoms with Gasteiger partial charge in [-0.1, -0.05) is 41.4 Å². The van der Waals surface area contributed by atoms with Crippen LogP contribution in [0.2, 0.25) is 5.02 Å². The van der Waals surface area contributed by atoms with E-state index in [1.807, 2.05) is 18.2 Å². The Morgan fingerprint density at radius 1 is 1.05 bits per heavy atom. The molecule has 0 aliphatic carbocycles. The predicted octanol–water partition coefficient (Wildman–Crippen LogP) is 5.12. The first-order valence-electron chi connectivity index (χ1n) is 7.03. The minimum absolute atomic E-state index is 0.286. The fraction of sp³-hybridized carbons (Fsp3) is 0.333. The fourth-order valence-electron chi connectivity index (χ4n) is 2.64. The van der Waals surface area contributed by atoms with E-state index in [1.165, 1.54) is 27.8 Å². The fourth-order valence-corrected chi connectivity index (χ4v) is 2.84. The average molecular weight is 288 g/mol. The highest BCUT2D eigenvalue weighted by atomic mass is 35.5. The van der Waals surface area contributed by atoms with E-state index >= 15 is 0 Å². The van der Waals surface area contributed by atoms with Gasteiger partial charge in [0.2, 0.25) is 0 Å². The van der Waals surface area contributed by atoms with Crippen LogP contribution in [0.5, 0.6) is 0 Å². The molecule has 0 aliphatic rings. The van der Waals surface area contributed by atoms with Crippen LogP contribution < -0.4 is 5.32 Å². The second-order valence-corrected chi connectivity index (χ2v) is 5.97. The normalized spacial score (nSPS) is 12.4. The molecule has 20 heavy (non-hydrogen) atoms. The minimum Gasteiger partial charge on any atom is -0.306 e. The molecule has 0 unspecified atom stereocenters. The van der Waals surface area contributed by atoms with Crippen LogP contribution in [0, 0.1) is 20.8 Å². The summed E-state index contributed by atoms with van der Waals surface area (Å²) in [6.07, 6.45) is 0. The zero-order chi connectivity index (χ0) is 14.7. The maximum absolute atomic E-state index is 6.05. The van der Waals surface area contributed by atoms with Crippen molar-refractivity contribution < 1.29 is 0 Å². The van der Waals surface area contributed by atoms with E-state index in [1.54, 1.807) is 0 Å². The molecule has 1 nitrogen and oxygen atoms in total. The third kappa shape index (κ3) is 3.62. The van der Waals surface area contributed by atoms with Crippen molar-refractivity contribution >= 4 is 11.6 Å². The van der Waals surface area contributed by atoms with Crippen molar-refractivity contribution in [2.24, 2.45) is 0 Å². The minimum atomic E-state index is 0.286. The Morgan fingerprint density at radius 3 is 2.30 bits per heavy atom. The topological polar surface area (TPSA) is 12.0 Å². The molecular weight excluding hydrogens is 266 g/mol. The molecule has 1 N–H and O–H groups in total. The SMILES string of the molecule is Cc1cc(C)c(CN[C@H](C)c2cccc(Cl)c2)c(C)c1. The molecule has 2 rings (SSSR count). The molecule has 0 radical (unpaired) electrons. The van der Waals surface area contributed by atoms with E-state index in [0.29, 0.717) is 0 Å². The van der Waals surface area contributed by atoms with Crippen molar-refractivity contribution in [1.82, 2.24) is 5.32 Å². The highest BCUT2D eigenvalue weighted by Crippen LogP contribution is 2.20. The molecule has 0 saturated carbocycles. The van der Waals surface area contributed by atoms with Gasteiger partial charge in [0.05, 0.1) is 0 Å². The second-order valence-electron chi connectivity index (χ2n) is 5.53. The lowest BCUT2D eigenvalue weighted by molar-refractivity contribution is 0.572. The molecule has 0 heterocycles. The lowest BCUT2D eigenvalue weighted by Gasteiger charge is -2.17. The van der Waals surface area contributed by atoms with Crippen molar-refractivity contribution in [3.05, 3.63) is 69.2 Å². The molecule has 2 aromatic carbocycles. The number of halogens is 1. The van der Waals surface area contributed by atoms with Gasteiger partial charge in [0.15, 0.2) is 0 Å². The summed E-state index contributed by atoms with van der Waals surface area (Å²) in [5.74, 6) is 0. The van der Waals surface area contributed by atoms with E-state index in [2.05, 4.69) is 51.2 Å². The first kappa shape index (κ1) is 15.1. The molecular formula is C18H22ClN. The zero-order valence-corrected chi connectivity index (χ0v) is 13.4. The number of aryl methyl sites for hydroxylation is 3. The monoisotopic (exact) mass is 287 g/mol. The molecule has 0 bridgehead atoms. The zero-order valence-electron chi connectivity index (χ0n) is 12.6. The Bertz CT molecular complexity index is 581. The van der Waals surface area contributed by atoms with Crippen molar-refractivity contribution in [3.8, 4) is 0 Å². The van der Waals surface area contributed by atoms with Gasteiger partial charge >= 0.3 is 0 Å². The van der Waals surface area contributed by atoms with E-state index in [9.17, 15) is 0 Å². The number of hydrogen-bond acceptors (Lipinski definition) is 1. The van der Waals surface area contributed by atoms with Crippen LogP contribution >= 0.6 is 11.6 Å². The second kappa shape index (κ2) is 6.43. The standard InChI is InChI=1S/C18H22ClN/c1-12-8-13(2)18(14(3)9-12)11-20-15(4)16-6-5-7-17(19)10-16/h5-10,15,20H,11H2,1-4H3/t15-/m1/s1. The summed E-state index contributed by atoms with van der Waals surface area (Å²) in [4.78, 5) is 0. The summed E-state index contributed by atoms with van der Waals surface area (Å²) >= 11 is 6.05. The lowest BCUT2D eigenvalue weighted by atomic mass is 9.99. The number of benzene rings is 2. The molecule has 0 spiro atoms. The predicted molar refractivity (Wildman–Crippen MR) is 87.4 cm³/mol. The van der Waals surface area contributed by atoms with Gasteiger partial charge < -0.3 is 5.32 Å². The Morgan fingerprint density at radius 2 is 1.70 bits per heavy atom. The Kier molecular flexibility index (Phi) is 4.85. The van der Waals surface area contributed by atoms with Crippen molar-refractivity contribution in [1.29, 1.82) is 0 Å². The van der Waals surface area contributed by atoms with Gasteiger partial charge in [0.1, 0.15) is 0 Å². The highest BCUT2D eigenvalue weighted by Gasteiger charge is 2.08. The summed E-state index contributed by atoms with van der Waals surface area (Å²) in [6.45, 7) is 9.56. The van der Waals surface area contributed by atoms with Gasteiger partial charge in [-0.3, -0.25) is 0 Å². The first-order chi connectivity index (χ1) is 9.47. The van der Waals surface area contributed by atoms with E-state index in [-0.39, 0.29) is 6.04 Å². The van der Waals surface area contributed by atoms with Crippen LogP contribution in [0.1, 0.15) is 40.8 Å². The molecule has 0 aliphatic heterocycles. The quantitative estimate of drug-likeness (QED) is 0.823. The summed E-state index contributed by atoms with van der Waals surface area (Å²) in [5.41, 5.74) is 6.65. The van der Waals surface area contributed by atoms with Gasteiger partial charge in [-0.25, -0.2) is 0 Å². The molecule has 2 heteroatoms. The Balaban J connectivity index is 2.09. The maximum Gasteiger partial charge on any atom is 0.0409 e. The van der Waals surface area contributed by atoms with Gasteiger partial charge in [-0.05, 0) is 62.1 Å². The third-order valence-electron chi connectivity index (χ3n) is 3.77. The van der Waals surface area contributed by atoms with Crippen LogP contribution in [0.4, 0.5) is 0 Å². The molecule has 0 aromatic heterocycles. The van der Waals surface area contributed by atoms with Crippen LogP contribution in [0.25, 0.3) is 0 Å².